The van der Waals surface area contributed by atoms with E-state index >= 15 is 0 Å². The van der Waals surface area contributed by atoms with Crippen molar-refractivity contribution >= 4 is 27.6 Å². The van der Waals surface area contributed by atoms with Crippen molar-refractivity contribution in [3.05, 3.63) is 41.2 Å². The summed E-state index contributed by atoms with van der Waals surface area (Å²) in [7, 11) is -0.0728. The molecular weight excluding hydrogens is 354 g/mol. The maximum absolute atomic E-state index is 12.6. The Morgan fingerprint density at radius 2 is 1.85 bits per heavy atom. The quantitative estimate of drug-likeness (QED) is 0.792. The molecule has 1 heterocycles. The Labute approximate surface area is 153 Å². The highest BCUT2D eigenvalue weighted by molar-refractivity contribution is 7.89. The van der Waals surface area contributed by atoms with Gasteiger partial charge in [-0.25, -0.2) is 23.1 Å². The van der Waals surface area contributed by atoms with Crippen LogP contribution in [0.1, 0.15) is 23.9 Å². The van der Waals surface area contributed by atoms with E-state index in [0.717, 1.165) is 5.69 Å². The van der Waals surface area contributed by atoms with E-state index in [1.807, 2.05) is 21.0 Å². The Kier molecular flexibility index (Phi) is 5.94. The van der Waals surface area contributed by atoms with Crippen LogP contribution in [0.2, 0.25) is 0 Å². The number of carbonyl (C=O) groups is 1. The van der Waals surface area contributed by atoms with Crippen molar-refractivity contribution in [1.82, 2.24) is 14.7 Å². The normalized spacial score (nSPS) is 11.3. The lowest BCUT2D eigenvalue weighted by Gasteiger charge is -2.14. The molecule has 8 nitrogen and oxygen atoms in total. The second-order valence-corrected chi connectivity index (χ2v) is 7.92. The van der Waals surface area contributed by atoms with Gasteiger partial charge in [0.2, 0.25) is 21.9 Å². The number of nitrogens with one attached hydrogen (secondary N) is 2. The molecule has 1 aromatic heterocycles. The van der Waals surface area contributed by atoms with Gasteiger partial charge in [-0.3, -0.25) is 4.79 Å². The van der Waals surface area contributed by atoms with Gasteiger partial charge in [0.25, 0.3) is 0 Å². The van der Waals surface area contributed by atoms with Gasteiger partial charge in [-0.15, -0.1) is 0 Å². The Balaban J connectivity index is 2.20. The molecule has 0 unspecified atom stereocenters. The lowest BCUT2D eigenvalue weighted by molar-refractivity contribution is -0.114. The molecule has 0 aliphatic rings. The molecule has 0 bridgehead atoms. The summed E-state index contributed by atoms with van der Waals surface area (Å²) in [5, 5.41) is 2.63. The van der Waals surface area contributed by atoms with Crippen LogP contribution in [0.25, 0.3) is 0 Å². The summed E-state index contributed by atoms with van der Waals surface area (Å²) in [6, 6.07) is 6.39. The third-order valence-electron chi connectivity index (χ3n) is 3.52. The van der Waals surface area contributed by atoms with Gasteiger partial charge in [0.05, 0.1) is 17.1 Å². The minimum Gasteiger partial charge on any atom is -0.347 e. The number of aromatic nitrogens is 2. The van der Waals surface area contributed by atoms with Crippen molar-refractivity contribution in [2.75, 3.05) is 24.3 Å². The smallest absolute Gasteiger partial charge is 0.241 e. The van der Waals surface area contributed by atoms with Crippen molar-refractivity contribution in [2.45, 2.75) is 32.2 Å². The predicted octanol–water partition coefficient (Wildman–Crippen LogP) is 1.60. The van der Waals surface area contributed by atoms with E-state index in [1.54, 1.807) is 30.0 Å². The number of hydrogen-bond donors (Lipinski definition) is 2. The summed E-state index contributed by atoms with van der Waals surface area (Å²) in [6.45, 7) is 4.96. The summed E-state index contributed by atoms with van der Waals surface area (Å²) in [5.41, 5.74) is 2.43. The minimum absolute atomic E-state index is 0.0550. The first kappa shape index (κ1) is 19.8. The molecule has 2 N–H and O–H groups in total. The number of anilines is 2. The van der Waals surface area contributed by atoms with Crippen LogP contribution in [-0.4, -0.2) is 38.4 Å². The molecule has 0 saturated carbocycles. The Morgan fingerprint density at radius 1 is 1.15 bits per heavy atom. The average molecular weight is 377 g/mol. The highest BCUT2D eigenvalue weighted by atomic mass is 32.2. The molecule has 0 spiro atoms. The monoisotopic (exact) mass is 377 g/mol. The van der Waals surface area contributed by atoms with Gasteiger partial charge < -0.3 is 10.2 Å². The summed E-state index contributed by atoms with van der Waals surface area (Å²) in [6.07, 6.45) is 0. The fourth-order valence-electron chi connectivity index (χ4n) is 2.39. The van der Waals surface area contributed by atoms with Crippen molar-refractivity contribution in [1.29, 1.82) is 0 Å². The van der Waals surface area contributed by atoms with E-state index in [0.29, 0.717) is 22.9 Å². The molecule has 1 aromatic carbocycles. The number of carbonyl (C=O) groups excluding carboxylic acids is 1. The van der Waals surface area contributed by atoms with Gasteiger partial charge >= 0.3 is 0 Å². The van der Waals surface area contributed by atoms with Crippen LogP contribution in [0.4, 0.5) is 11.6 Å². The SMILES string of the molecule is CC(=O)Nc1ccc(S(=O)(=O)NCc2cc(C)nc(N(C)C)n2)c(C)c1. The van der Waals surface area contributed by atoms with Crippen LogP contribution in [0.3, 0.4) is 0 Å². The molecule has 2 aromatic rings. The van der Waals surface area contributed by atoms with Crippen LogP contribution in [0.15, 0.2) is 29.2 Å². The van der Waals surface area contributed by atoms with Crippen LogP contribution in [-0.2, 0) is 21.4 Å². The second-order valence-electron chi connectivity index (χ2n) is 6.18. The summed E-state index contributed by atoms with van der Waals surface area (Å²) >= 11 is 0. The largest absolute Gasteiger partial charge is 0.347 e. The van der Waals surface area contributed by atoms with E-state index in [2.05, 4.69) is 20.0 Å². The molecule has 0 fully saturated rings. The molecule has 0 radical (unpaired) electrons. The minimum atomic E-state index is -3.72. The fourth-order valence-corrected chi connectivity index (χ4v) is 3.61. The molecule has 0 aliphatic carbocycles. The number of rotatable bonds is 6. The van der Waals surface area contributed by atoms with Crippen LogP contribution < -0.4 is 14.9 Å². The van der Waals surface area contributed by atoms with E-state index in [4.69, 9.17) is 0 Å². The van der Waals surface area contributed by atoms with E-state index in [9.17, 15) is 13.2 Å². The zero-order valence-corrected chi connectivity index (χ0v) is 16.3. The maximum Gasteiger partial charge on any atom is 0.241 e. The first-order valence-electron chi connectivity index (χ1n) is 7.98. The van der Waals surface area contributed by atoms with Crippen molar-refractivity contribution in [3.63, 3.8) is 0 Å². The lowest BCUT2D eigenvalue weighted by atomic mass is 10.2. The Bertz CT molecular complexity index is 926. The first-order valence-corrected chi connectivity index (χ1v) is 9.46. The first-order chi connectivity index (χ1) is 12.1. The van der Waals surface area contributed by atoms with E-state index in [1.165, 1.54) is 13.0 Å². The summed E-state index contributed by atoms with van der Waals surface area (Å²) in [4.78, 5) is 21.7. The summed E-state index contributed by atoms with van der Waals surface area (Å²) < 4.78 is 27.8. The van der Waals surface area contributed by atoms with E-state index < -0.39 is 10.0 Å². The predicted molar refractivity (Wildman–Crippen MR) is 101 cm³/mol. The molecule has 1 amide bonds. The number of aryl methyl sites for hydroxylation is 2. The number of benzene rings is 1. The topological polar surface area (TPSA) is 104 Å². The standard InChI is InChI=1S/C17H23N5O3S/c1-11-8-14(20-13(3)23)6-7-16(11)26(24,25)18-10-15-9-12(2)19-17(21-15)22(4)5/h6-9,18H,10H2,1-5H3,(H,20,23). The molecule has 140 valence electrons. The van der Waals surface area contributed by atoms with Gasteiger partial charge in [0, 0.05) is 32.4 Å². The Hall–Kier alpha value is -2.52. The molecule has 0 atom stereocenters. The number of hydrogen-bond acceptors (Lipinski definition) is 6. The highest BCUT2D eigenvalue weighted by Crippen LogP contribution is 2.20. The van der Waals surface area contributed by atoms with E-state index in [-0.39, 0.29) is 17.3 Å². The summed E-state index contributed by atoms with van der Waals surface area (Å²) in [5.74, 6) is 0.309. The van der Waals surface area contributed by atoms with Gasteiger partial charge in [-0.05, 0) is 43.7 Å². The number of amides is 1. The van der Waals surface area contributed by atoms with Crippen LogP contribution in [0, 0.1) is 13.8 Å². The third-order valence-corrected chi connectivity index (χ3v) is 5.09. The lowest BCUT2D eigenvalue weighted by Crippen LogP contribution is -2.25. The van der Waals surface area contributed by atoms with Gasteiger partial charge in [-0.2, -0.15) is 0 Å². The van der Waals surface area contributed by atoms with Crippen molar-refractivity contribution in [2.24, 2.45) is 0 Å². The molecule has 0 aliphatic heterocycles. The van der Waals surface area contributed by atoms with Gasteiger partial charge in [0.15, 0.2) is 0 Å². The molecule has 9 heteroatoms. The zero-order valence-electron chi connectivity index (χ0n) is 15.5. The van der Waals surface area contributed by atoms with Gasteiger partial charge in [0.1, 0.15) is 0 Å². The second kappa shape index (κ2) is 7.79. The average Bonchev–Trinajstić information content (AvgIpc) is 2.51. The Morgan fingerprint density at radius 3 is 2.42 bits per heavy atom. The number of sulfonamides is 1. The van der Waals surface area contributed by atoms with Crippen LogP contribution in [0.5, 0.6) is 0 Å². The van der Waals surface area contributed by atoms with Crippen molar-refractivity contribution < 1.29 is 13.2 Å². The fraction of sp³-hybridized carbons (Fsp3) is 0.353. The van der Waals surface area contributed by atoms with Crippen LogP contribution >= 0.6 is 0 Å². The number of nitrogens with zero attached hydrogens (tertiary/aromatic N) is 3. The third kappa shape index (κ3) is 4.99. The maximum atomic E-state index is 12.6. The highest BCUT2D eigenvalue weighted by Gasteiger charge is 2.17. The zero-order chi connectivity index (χ0) is 19.5. The molecular formula is C17H23N5O3S. The molecule has 0 saturated heterocycles. The molecule has 2 rings (SSSR count). The van der Waals surface area contributed by atoms with Crippen molar-refractivity contribution in [3.8, 4) is 0 Å². The van der Waals surface area contributed by atoms with Gasteiger partial charge in [-0.1, -0.05) is 0 Å². The molecule has 26 heavy (non-hydrogen) atoms.